The topological polar surface area (TPSA) is 60.1 Å². The van der Waals surface area contributed by atoms with Crippen molar-refractivity contribution in [1.82, 2.24) is 25.3 Å². The summed E-state index contributed by atoms with van der Waals surface area (Å²) in [6.45, 7) is 10.3. The van der Waals surface area contributed by atoms with Crippen LogP contribution >= 0.6 is 0 Å². The van der Waals surface area contributed by atoms with Gasteiger partial charge in [-0.2, -0.15) is 0 Å². The first-order valence-electron chi connectivity index (χ1n) is 10.5. The molecule has 2 atom stereocenters. The summed E-state index contributed by atoms with van der Waals surface area (Å²) in [6.07, 6.45) is 0. The number of ether oxygens (including phenoxy) is 1. The van der Waals surface area contributed by atoms with Gasteiger partial charge in [0.2, 0.25) is 0 Å². The fourth-order valence-corrected chi connectivity index (χ4v) is 3.99. The molecule has 2 fully saturated rings. The second-order valence-corrected chi connectivity index (χ2v) is 8.08. The number of amides is 2. The summed E-state index contributed by atoms with van der Waals surface area (Å²) in [4.78, 5) is 19.4. The van der Waals surface area contributed by atoms with Crippen LogP contribution in [-0.2, 0) is 4.74 Å². The van der Waals surface area contributed by atoms with Crippen LogP contribution in [0.15, 0.2) is 24.3 Å². The van der Waals surface area contributed by atoms with Gasteiger partial charge in [-0.1, -0.05) is 12.1 Å². The van der Waals surface area contributed by atoms with Crippen LogP contribution in [0, 0.1) is 5.82 Å². The zero-order chi connectivity index (χ0) is 20.6. The predicted molar refractivity (Wildman–Crippen MR) is 111 cm³/mol. The molecule has 0 aliphatic carbocycles. The molecule has 0 aromatic heterocycles. The number of halogens is 1. The average Bonchev–Trinajstić information content (AvgIpc) is 2.71. The number of piperazine rings is 1. The molecule has 2 saturated heterocycles. The van der Waals surface area contributed by atoms with Crippen molar-refractivity contribution in [2.45, 2.75) is 19.0 Å². The summed E-state index contributed by atoms with van der Waals surface area (Å²) < 4.78 is 19.2. The number of benzene rings is 1. The van der Waals surface area contributed by atoms with Crippen LogP contribution in [0.25, 0.3) is 0 Å². The standard InChI is InChI=1S/C21H34FN5O2/c1-17(16-26-8-6-25(2)7-9-26)24-21(28)23-15-20(27-10-12-29-13-11-27)18-4-3-5-19(22)14-18/h3-5,14,17,20H,6-13,15-16H2,1-2H3,(H2,23,24,28). The minimum Gasteiger partial charge on any atom is -0.379 e. The number of carbonyl (C=O) groups is 1. The molecule has 1 aromatic rings. The number of carbonyl (C=O) groups excluding carboxylic acids is 1. The van der Waals surface area contributed by atoms with E-state index in [9.17, 15) is 9.18 Å². The van der Waals surface area contributed by atoms with Crippen LogP contribution in [0.1, 0.15) is 18.5 Å². The summed E-state index contributed by atoms with van der Waals surface area (Å²) in [5.41, 5.74) is 0.873. The third-order valence-electron chi connectivity index (χ3n) is 5.68. The molecule has 2 aliphatic heterocycles. The van der Waals surface area contributed by atoms with Crippen molar-refractivity contribution in [2.24, 2.45) is 0 Å². The highest BCUT2D eigenvalue weighted by molar-refractivity contribution is 5.74. The SMILES string of the molecule is CC(CN1CCN(C)CC1)NC(=O)NCC(c1cccc(F)c1)N1CCOCC1. The molecule has 0 radical (unpaired) electrons. The van der Waals surface area contributed by atoms with Gasteiger partial charge in [0.1, 0.15) is 5.82 Å². The van der Waals surface area contributed by atoms with Gasteiger partial charge in [0, 0.05) is 58.4 Å². The van der Waals surface area contributed by atoms with E-state index in [1.807, 2.05) is 13.0 Å². The van der Waals surface area contributed by atoms with E-state index in [0.717, 1.165) is 51.4 Å². The number of likely N-dealkylation sites (N-methyl/N-ethyl adjacent to an activating group) is 1. The molecule has 3 rings (SSSR count). The molecule has 29 heavy (non-hydrogen) atoms. The van der Waals surface area contributed by atoms with Gasteiger partial charge < -0.3 is 20.3 Å². The van der Waals surface area contributed by atoms with Crippen molar-refractivity contribution in [3.05, 3.63) is 35.6 Å². The first-order chi connectivity index (χ1) is 14.0. The maximum atomic E-state index is 13.8. The highest BCUT2D eigenvalue weighted by Gasteiger charge is 2.24. The van der Waals surface area contributed by atoms with Crippen LogP contribution < -0.4 is 10.6 Å². The molecule has 2 N–H and O–H groups in total. The first-order valence-corrected chi connectivity index (χ1v) is 10.5. The summed E-state index contributed by atoms with van der Waals surface area (Å²) in [5.74, 6) is -0.258. The molecule has 2 heterocycles. The van der Waals surface area contributed by atoms with E-state index in [-0.39, 0.29) is 23.9 Å². The van der Waals surface area contributed by atoms with Gasteiger partial charge >= 0.3 is 6.03 Å². The Labute approximate surface area is 173 Å². The first kappa shape index (κ1) is 22.0. The van der Waals surface area contributed by atoms with Gasteiger partial charge in [-0.15, -0.1) is 0 Å². The van der Waals surface area contributed by atoms with Gasteiger partial charge in [-0.05, 0) is 31.7 Å². The molecule has 2 amide bonds. The maximum absolute atomic E-state index is 13.8. The van der Waals surface area contributed by atoms with Crippen LogP contribution in [0.5, 0.6) is 0 Å². The van der Waals surface area contributed by atoms with Crippen molar-refractivity contribution in [3.8, 4) is 0 Å². The van der Waals surface area contributed by atoms with E-state index in [2.05, 4.69) is 32.4 Å². The molecule has 162 valence electrons. The van der Waals surface area contributed by atoms with Crippen molar-refractivity contribution < 1.29 is 13.9 Å². The molecule has 0 spiro atoms. The lowest BCUT2D eigenvalue weighted by Crippen LogP contribution is -2.52. The Balaban J connectivity index is 1.50. The van der Waals surface area contributed by atoms with Crippen molar-refractivity contribution in [1.29, 1.82) is 0 Å². The number of morpholine rings is 1. The summed E-state index contributed by atoms with van der Waals surface area (Å²) in [6, 6.07) is 6.44. The van der Waals surface area contributed by atoms with E-state index in [1.165, 1.54) is 6.07 Å². The predicted octanol–water partition coefficient (Wildman–Crippen LogP) is 1.13. The van der Waals surface area contributed by atoms with Crippen LogP contribution in [0.4, 0.5) is 9.18 Å². The molecule has 2 aliphatic rings. The highest BCUT2D eigenvalue weighted by atomic mass is 19.1. The number of rotatable bonds is 7. The van der Waals surface area contributed by atoms with E-state index >= 15 is 0 Å². The average molecular weight is 408 g/mol. The summed E-state index contributed by atoms with van der Waals surface area (Å²) >= 11 is 0. The highest BCUT2D eigenvalue weighted by Crippen LogP contribution is 2.22. The Morgan fingerprint density at radius 1 is 1.17 bits per heavy atom. The van der Waals surface area contributed by atoms with E-state index in [1.54, 1.807) is 12.1 Å². The Bertz CT molecular complexity index is 648. The lowest BCUT2D eigenvalue weighted by molar-refractivity contribution is 0.0166. The van der Waals surface area contributed by atoms with Crippen LogP contribution in [0.2, 0.25) is 0 Å². The third-order valence-corrected chi connectivity index (χ3v) is 5.68. The molecule has 2 unspecified atom stereocenters. The van der Waals surface area contributed by atoms with E-state index in [4.69, 9.17) is 4.74 Å². The summed E-state index contributed by atoms with van der Waals surface area (Å²) in [5, 5.41) is 6.03. The minimum atomic E-state index is -0.258. The lowest BCUT2D eigenvalue weighted by atomic mass is 10.0. The number of nitrogens with zero attached hydrogens (tertiary/aromatic N) is 3. The number of hydrogen-bond donors (Lipinski definition) is 2. The zero-order valence-corrected chi connectivity index (χ0v) is 17.6. The number of urea groups is 1. The van der Waals surface area contributed by atoms with Gasteiger partial charge in [0.15, 0.2) is 0 Å². The fourth-order valence-electron chi connectivity index (χ4n) is 3.99. The second-order valence-electron chi connectivity index (χ2n) is 8.08. The zero-order valence-electron chi connectivity index (χ0n) is 17.6. The maximum Gasteiger partial charge on any atom is 0.315 e. The Morgan fingerprint density at radius 3 is 2.59 bits per heavy atom. The Morgan fingerprint density at radius 2 is 1.90 bits per heavy atom. The smallest absolute Gasteiger partial charge is 0.315 e. The van der Waals surface area contributed by atoms with Gasteiger partial charge in [0.05, 0.1) is 19.3 Å². The third kappa shape index (κ3) is 6.92. The quantitative estimate of drug-likeness (QED) is 0.710. The van der Waals surface area contributed by atoms with Crippen molar-refractivity contribution in [3.63, 3.8) is 0 Å². The van der Waals surface area contributed by atoms with Gasteiger partial charge in [-0.3, -0.25) is 9.80 Å². The van der Waals surface area contributed by atoms with Crippen molar-refractivity contribution in [2.75, 3.05) is 72.6 Å². The van der Waals surface area contributed by atoms with Gasteiger partial charge in [-0.25, -0.2) is 9.18 Å². The normalized spacial score (nSPS) is 21.5. The molecular weight excluding hydrogens is 373 g/mol. The van der Waals surface area contributed by atoms with Crippen LogP contribution in [-0.4, -0.2) is 99.4 Å². The monoisotopic (exact) mass is 407 g/mol. The molecule has 0 bridgehead atoms. The van der Waals surface area contributed by atoms with E-state index < -0.39 is 0 Å². The number of hydrogen-bond acceptors (Lipinski definition) is 5. The molecule has 1 aromatic carbocycles. The lowest BCUT2D eigenvalue weighted by Gasteiger charge is -2.35. The molecule has 7 nitrogen and oxygen atoms in total. The Kier molecular flexibility index (Phi) is 8.23. The Hall–Kier alpha value is -1.74. The minimum absolute atomic E-state index is 0.0643. The summed E-state index contributed by atoms with van der Waals surface area (Å²) in [7, 11) is 2.13. The van der Waals surface area contributed by atoms with E-state index in [0.29, 0.717) is 19.8 Å². The largest absolute Gasteiger partial charge is 0.379 e. The van der Waals surface area contributed by atoms with Crippen LogP contribution in [0.3, 0.4) is 0 Å². The second kappa shape index (κ2) is 10.9. The van der Waals surface area contributed by atoms with Crippen molar-refractivity contribution >= 4 is 6.03 Å². The fraction of sp³-hybridized carbons (Fsp3) is 0.667. The molecule has 0 saturated carbocycles. The number of nitrogens with one attached hydrogen (secondary N) is 2. The molecule has 8 heteroatoms. The molecular formula is C21H34FN5O2. The van der Waals surface area contributed by atoms with Gasteiger partial charge in [0.25, 0.3) is 0 Å².